The van der Waals surface area contributed by atoms with E-state index in [-0.39, 0.29) is 23.9 Å². The minimum absolute atomic E-state index is 0.0584. The molecule has 1 aromatic rings. The molecule has 1 saturated heterocycles. The van der Waals surface area contributed by atoms with Gasteiger partial charge in [-0.25, -0.2) is 4.79 Å². The van der Waals surface area contributed by atoms with Gasteiger partial charge in [-0.15, -0.1) is 0 Å². The topological polar surface area (TPSA) is 87.7 Å². The van der Waals surface area contributed by atoms with Crippen molar-refractivity contribution in [3.05, 3.63) is 30.3 Å². The predicted molar refractivity (Wildman–Crippen MR) is 98.6 cm³/mol. The van der Waals surface area contributed by atoms with Crippen LogP contribution in [0.25, 0.3) is 0 Å². The van der Waals surface area contributed by atoms with Crippen LogP contribution in [0.15, 0.2) is 30.3 Å². The van der Waals surface area contributed by atoms with Gasteiger partial charge < -0.3 is 20.3 Å². The number of ether oxygens (including phenoxy) is 1. The average Bonchev–Trinajstić information content (AvgIpc) is 2.63. The molecule has 2 N–H and O–H groups in total. The Balaban J connectivity index is 1.86. The molecule has 1 aromatic carbocycles. The van der Waals surface area contributed by atoms with E-state index in [1.54, 1.807) is 37.8 Å². The number of piperidine rings is 1. The van der Waals surface area contributed by atoms with Crippen LogP contribution in [0.2, 0.25) is 0 Å². The average molecular weight is 361 g/mol. The predicted octanol–water partition coefficient (Wildman–Crippen LogP) is 2.39. The smallest absolute Gasteiger partial charge is 0.409 e. The van der Waals surface area contributed by atoms with Gasteiger partial charge >= 0.3 is 6.09 Å². The van der Waals surface area contributed by atoms with E-state index in [1.165, 1.54) is 0 Å². The Morgan fingerprint density at radius 1 is 1.12 bits per heavy atom. The molecule has 0 saturated carbocycles. The Labute approximate surface area is 154 Å². The number of carbonyl (C=O) groups is 3. The number of anilines is 1. The highest BCUT2D eigenvalue weighted by atomic mass is 16.6. The van der Waals surface area contributed by atoms with Crippen molar-refractivity contribution >= 4 is 23.6 Å². The zero-order valence-electron chi connectivity index (χ0n) is 15.6. The molecule has 0 aliphatic carbocycles. The second-order valence-corrected chi connectivity index (χ2v) is 6.88. The molecule has 26 heavy (non-hydrogen) atoms. The summed E-state index contributed by atoms with van der Waals surface area (Å²) < 4.78 is 4.99. The van der Waals surface area contributed by atoms with Crippen molar-refractivity contribution in [3.8, 4) is 0 Å². The summed E-state index contributed by atoms with van der Waals surface area (Å²) in [5.41, 5.74) is -0.546. The van der Waals surface area contributed by atoms with Gasteiger partial charge in [-0.3, -0.25) is 9.59 Å². The maximum absolute atomic E-state index is 12.6. The number of carbonyl (C=O) groups excluding carboxylic acids is 3. The highest BCUT2D eigenvalue weighted by molar-refractivity contribution is 6.09. The van der Waals surface area contributed by atoms with Crippen LogP contribution in [0.5, 0.6) is 0 Å². The Bertz CT molecular complexity index is 637. The van der Waals surface area contributed by atoms with Crippen molar-refractivity contribution < 1.29 is 19.1 Å². The highest BCUT2D eigenvalue weighted by Gasteiger charge is 2.37. The molecule has 1 aliphatic heterocycles. The van der Waals surface area contributed by atoms with E-state index < -0.39 is 5.41 Å². The molecular weight excluding hydrogens is 334 g/mol. The molecule has 2 rings (SSSR count). The summed E-state index contributed by atoms with van der Waals surface area (Å²) >= 11 is 0. The van der Waals surface area contributed by atoms with Gasteiger partial charge in [0.25, 0.3) is 0 Å². The number of benzene rings is 1. The first kappa shape index (κ1) is 19.8. The standard InChI is InChI=1S/C19H27N3O4/c1-4-26-18(25)22-12-10-15(11-13-22)21-17(24)19(2,3)16(23)20-14-8-6-5-7-9-14/h5-9,15H,4,10-13H2,1-3H3,(H,20,23)(H,21,24). The fourth-order valence-electron chi connectivity index (χ4n) is 2.70. The molecule has 1 heterocycles. The Hall–Kier alpha value is -2.57. The molecule has 0 unspecified atom stereocenters. The van der Waals surface area contributed by atoms with Crippen LogP contribution in [0.1, 0.15) is 33.6 Å². The van der Waals surface area contributed by atoms with Crippen LogP contribution in [-0.2, 0) is 14.3 Å². The lowest BCUT2D eigenvalue weighted by atomic mass is 9.90. The molecule has 7 nitrogen and oxygen atoms in total. The van der Waals surface area contributed by atoms with Gasteiger partial charge in [0.15, 0.2) is 0 Å². The van der Waals surface area contributed by atoms with E-state index >= 15 is 0 Å². The quantitative estimate of drug-likeness (QED) is 0.788. The maximum Gasteiger partial charge on any atom is 0.409 e. The molecule has 3 amide bonds. The lowest BCUT2D eigenvalue weighted by molar-refractivity contribution is -0.139. The van der Waals surface area contributed by atoms with Crippen LogP contribution in [0.4, 0.5) is 10.5 Å². The molecular formula is C19H27N3O4. The fourth-order valence-corrected chi connectivity index (χ4v) is 2.70. The third kappa shape index (κ3) is 4.97. The van der Waals surface area contributed by atoms with E-state index in [9.17, 15) is 14.4 Å². The monoisotopic (exact) mass is 361 g/mol. The first-order valence-corrected chi connectivity index (χ1v) is 8.93. The molecule has 142 valence electrons. The second kappa shape index (κ2) is 8.69. The number of rotatable bonds is 5. The molecule has 0 radical (unpaired) electrons. The Kier molecular flexibility index (Phi) is 6.60. The first-order chi connectivity index (χ1) is 12.3. The van der Waals surface area contributed by atoms with Crippen LogP contribution >= 0.6 is 0 Å². The minimum atomic E-state index is -1.20. The molecule has 1 fully saturated rings. The van der Waals surface area contributed by atoms with Crippen LogP contribution in [0.3, 0.4) is 0 Å². The van der Waals surface area contributed by atoms with Gasteiger partial charge in [-0.1, -0.05) is 18.2 Å². The normalized spacial score (nSPS) is 15.3. The second-order valence-electron chi connectivity index (χ2n) is 6.88. The summed E-state index contributed by atoms with van der Waals surface area (Å²) in [5.74, 6) is -0.675. The van der Waals surface area contributed by atoms with Gasteiger partial charge in [-0.2, -0.15) is 0 Å². The lowest BCUT2D eigenvalue weighted by Crippen LogP contribution is -2.52. The van der Waals surface area contributed by atoms with Crippen molar-refractivity contribution in [2.45, 2.75) is 39.7 Å². The molecule has 0 bridgehead atoms. The van der Waals surface area contributed by atoms with Crippen molar-refractivity contribution in [2.75, 3.05) is 25.0 Å². The molecule has 1 aliphatic rings. The maximum atomic E-state index is 12.6. The van der Waals surface area contributed by atoms with Crippen LogP contribution in [0, 0.1) is 5.41 Å². The number of amides is 3. The van der Waals surface area contributed by atoms with Gasteiger partial charge in [0.2, 0.25) is 11.8 Å². The van der Waals surface area contributed by atoms with Crippen molar-refractivity contribution in [1.82, 2.24) is 10.2 Å². The van der Waals surface area contributed by atoms with Gasteiger partial charge in [0.05, 0.1) is 6.61 Å². The largest absolute Gasteiger partial charge is 0.450 e. The molecule has 7 heteroatoms. The zero-order valence-corrected chi connectivity index (χ0v) is 15.6. The summed E-state index contributed by atoms with van der Waals surface area (Å²) in [4.78, 5) is 38.4. The van der Waals surface area contributed by atoms with E-state index in [4.69, 9.17) is 4.74 Å². The minimum Gasteiger partial charge on any atom is -0.450 e. The number of para-hydroxylation sites is 1. The lowest BCUT2D eigenvalue weighted by Gasteiger charge is -2.33. The van der Waals surface area contributed by atoms with Crippen LogP contribution in [-0.4, -0.2) is 48.5 Å². The molecule has 0 atom stereocenters. The van der Waals surface area contributed by atoms with Crippen molar-refractivity contribution in [3.63, 3.8) is 0 Å². The summed E-state index contributed by atoms with van der Waals surface area (Å²) in [6.07, 6.45) is 0.960. The summed E-state index contributed by atoms with van der Waals surface area (Å²) in [5, 5.41) is 5.71. The first-order valence-electron chi connectivity index (χ1n) is 8.93. The summed E-state index contributed by atoms with van der Waals surface area (Å²) in [6.45, 7) is 6.39. The number of likely N-dealkylation sites (tertiary alicyclic amines) is 1. The number of nitrogens with zero attached hydrogens (tertiary/aromatic N) is 1. The van der Waals surface area contributed by atoms with Crippen molar-refractivity contribution in [2.24, 2.45) is 5.41 Å². The zero-order chi connectivity index (χ0) is 19.2. The third-order valence-electron chi connectivity index (χ3n) is 4.52. The summed E-state index contributed by atoms with van der Waals surface area (Å²) in [7, 11) is 0. The van der Waals surface area contributed by atoms with E-state index in [0.717, 1.165) is 0 Å². The summed E-state index contributed by atoms with van der Waals surface area (Å²) in [6, 6.07) is 8.99. The van der Waals surface area contributed by atoms with E-state index in [0.29, 0.717) is 38.2 Å². The van der Waals surface area contributed by atoms with Crippen molar-refractivity contribution in [1.29, 1.82) is 0 Å². The SMILES string of the molecule is CCOC(=O)N1CCC(NC(=O)C(C)(C)C(=O)Nc2ccccc2)CC1. The van der Waals surface area contributed by atoms with E-state index in [1.807, 2.05) is 18.2 Å². The molecule has 0 aromatic heterocycles. The number of hydrogen-bond acceptors (Lipinski definition) is 4. The number of hydrogen-bond donors (Lipinski definition) is 2. The van der Waals surface area contributed by atoms with Gasteiger partial charge in [-0.05, 0) is 45.7 Å². The number of nitrogens with one attached hydrogen (secondary N) is 2. The van der Waals surface area contributed by atoms with Crippen LogP contribution < -0.4 is 10.6 Å². The van der Waals surface area contributed by atoms with E-state index in [2.05, 4.69) is 10.6 Å². The Morgan fingerprint density at radius 3 is 2.31 bits per heavy atom. The Morgan fingerprint density at radius 2 is 1.73 bits per heavy atom. The van der Waals surface area contributed by atoms with Gasteiger partial charge in [0, 0.05) is 24.8 Å². The third-order valence-corrected chi connectivity index (χ3v) is 4.52. The highest BCUT2D eigenvalue weighted by Crippen LogP contribution is 2.21. The fraction of sp³-hybridized carbons (Fsp3) is 0.526. The van der Waals surface area contributed by atoms with Gasteiger partial charge in [0.1, 0.15) is 5.41 Å². The molecule has 0 spiro atoms.